The number of hydrogen-bond acceptors (Lipinski definition) is 3. The van der Waals surface area contributed by atoms with Gasteiger partial charge in [0, 0.05) is 19.1 Å². The molecule has 0 aromatic carbocycles. The molecule has 134 valence electrons. The van der Waals surface area contributed by atoms with E-state index in [4.69, 9.17) is 14.2 Å². The number of fused-ring (bicyclic) bond motifs is 3. The molecule has 8 atom stereocenters. The molecule has 0 amide bonds. The third-order valence-corrected chi connectivity index (χ3v) is 5.92. The summed E-state index contributed by atoms with van der Waals surface area (Å²) in [6.45, 7) is 5.38. The first-order valence-electron chi connectivity index (χ1n) is 9.30. The summed E-state index contributed by atoms with van der Waals surface area (Å²) >= 11 is 0. The van der Waals surface area contributed by atoms with E-state index >= 15 is 0 Å². The van der Waals surface area contributed by atoms with Crippen LogP contribution in [0.2, 0.25) is 0 Å². The molecule has 2 saturated carbocycles. The summed E-state index contributed by atoms with van der Waals surface area (Å²) in [7, 11) is 0. The quantitative estimate of drug-likeness (QED) is 0.768. The average molecular weight is 332 g/mol. The van der Waals surface area contributed by atoms with Crippen molar-refractivity contribution in [2.24, 2.45) is 17.8 Å². The van der Waals surface area contributed by atoms with Gasteiger partial charge in [-0.25, -0.2) is 8.78 Å². The van der Waals surface area contributed by atoms with Crippen LogP contribution in [0.4, 0.5) is 8.78 Å². The van der Waals surface area contributed by atoms with E-state index in [2.05, 4.69) is 0 Å². The standard InChI is InChI=1S/C18H30F2O3/c1-3-9-22-14-7-5-11-12-6-8-15(21-4-2)17(20)18(12)23-10-13(11)16(14)19/h11-18H,3-10H2,1-2H3. The maximum absolute atomic E-state index is 14.8. The van der Waals surface area contributed by atoms with Crippen molar-refractivity contribution < 1.29 is 23.0 Å². The SMILES string of the molecule is CCCOC1CCC2C(COC3C(F)C(OCC)CCC23)C1F. The van der Waals surface area contributed by atoms with E-state index in [9.17, 15) is 8.78 Å². The maximum Gasteiger partial charge on any atom is 0.152 e. The molecule has 0 N–H and O–H groups in total. The van der Waals surface area contributed by atoms with Crippen molar-refractivity contribution >= 4 is 0 Å². The Hall–Kier alpha value is -0.260. The van der Waals surface area contributed by atoms with Crippen molar-refractivity contribution in [3.63, 3.8) is 0 Å². The fourth-order valence-electron chi connectivity index (χ4n) is 4.85. The van der Waals surface area contributed by atoms with Crippen molar-refractivity contribution in [1.29, 1.82) is 0 Å². The first kappa shape index (κ1) is 17.6. The van der Waals surface area contributed by atoms with E-state index in [0.717, 1.165) is 32.1 Å². The summed E-state index contributed by atoms with van der Waals surface area (Å²) < 4.78 is 46.5. The van der Waals surface area contributed by atoms with Gasteiger partial charge in [0.25, 0.3) is 0 Å². The maximum atomic E-state index is 14.8. The molecule has 1 aliphatic heterocycles. The summed E-state index contributed by atoms with van der Waals surface area (Å²) in [4.78, 5) is 0. The predicted octanol–water partition coefficient (Wildman–Crippen LogP) is 3.70. The molecular weight excluding hydrogens is 302 g/mol. The first-order chi connectivity index (χ1) is 11.2. The zero-order chi connectivity index (χ0) is 16.4. The molecule has 3 fully saturated rings. The Kier molecular flexibility index (Phi) is 5.92. The molecule has 2 aliphatic carbocycles. The van der Waals surface area contributed by atoms with Crippen LogP contribution in [0.5, 0.6) is 0 Å². The minimum Gasteiger partial charge on any atom is -0.375 e. The van der Waals surface area contributed by atoms with Gasteiger partial charge in [0.2, 0.25) is 0 Å². The van der Waals surface area contributed by atoms with Crippen molar-refractivity contribution in [1.82, 2.24) is 0 Å². The van der Waals surface area contributed by atoms with Crippen LogP contribution in [0.25, 0.3) is 0 Å². The van der Waals surface area contributed by atoms with Crippen molar-refractivity contribution in [2.45, 2.75) is 76.6 Å². The molecular formula is C18H30F2O3. The second-order valence-corrected chi connectivity index (χ2v) is 7.24. The zero-order valence-electron chi connectivity index (χ0n) is 14.3. The van der Waals surface area contributed by atoms with Gasteiger partial charge in [-0.1, -0.05) is 6.92 Å². The number of alkyl halides is 2. The van der Waals surface area contributed by atoms with Crippen LogP contribution in [-0.4, -0.2) is 50.5 Å². The van der Waals surface area contributed by atoms with Crippen molar-refractivity contribution in [3.8, 4) is 0 Å². The van der Waals surface area contributed by atoms with Crippen LogP contribution in [0, 0.1) is 17.8 Å². The summed E-state index contributed by atoms with van der Waals surface area (Å²) in [6, 6.07) is 0. The Morgan fingerprint density at radius 1 is 0.870 bits per heavy atom. The van der Waals surface area contributed by atoms with E-state index in [0.29, 0.717) is 19.8 Å². The highest BCUT2D eigenvalue weighted by molar-refractivity contribution is 5.01. The normalized spacial score (nSPS) is 47.0. The Morgan fingerprint density at radius 3 is 2.26 bits per heavy atom. The molecule has 3 aliphatic rings. The molecule has 23 heavy (non-hydrogen) atoms. The number of ether oxygens (including phenoxy) is 3. The highest BCUT2D eigenvalue weighted by atomic mass is 19.1. The Morgan fingerprint density at radius 2 is 1.57 bits per heavy atom. The molecule has 0 bridgehead atoms. The van der Waals surface area contributed by atoms with Crippen LogP contribution in [-0.2, 0) is 14.2 Å². The number of halogens is 2. The number of hydrogen-bond donors (Lipinski definition) is 0. The Labute approximate surface area is 138 Å². The second kappa shape index (κ2) is 7.75. The van der Waals surface area contributed by atoms with Crippen LogP contribution in [0.3, 0.4) is 0 Å². The molecule has 1 heterocycles. The lowest BCUT2D eigenvalue weighted by Gasteiger charge is -2.52. The van der Waals surface area contributed by atoms with Gasteiger partial charge in [0.15, 0.2) is 6.17 Å². The van der Waals surface area contributed by atoms with Gasteiger partial charge in [-0.05, 0) is 50.9 Å². The molecule has 0 spiro atoms. The monoisotopic (exact) mass is 332 g/mol. The smallest absolute Gasteiger partial charge is 0.152 e. The largest absolute Gasteiger partial charge is 0.375 e. The van der Waals surface area contributed by atoms with Gasteiger partial charge < -0.3 is 14.2 Å². The summed E-state index contributed by atoms with van der Waals surface area (Å²) in [5.41, 5.74) is 0. The minimum absolute atomic E-state index is 0.130. The third kappa shape index (κ3) is 3.42. The lowest BCUT2D eigenvalue weighted by molar-refractivity contribution is -0.205. The van der Waals surface area contributed by atoms with Crippen molar-refractivity contribution in [3.05, 3.63) is 0 Å². The summed E-state index contributed by atoms with van der Waals surface area (Å²) in [5, 5.41) is 0. The average Bonchev–Trinajstić information content (AvgIpc) is 2.56. The Bertz CT molecular complexity index is 381. The summed E-state index contributed by atoms with van der Waals surface area (Å²) in [6.07, 6.45) is 1.03. The zero-order valence-corrected chi connectivity index (χ0v) is 14.3. The van der Waals surface area contributed by atoms with Crippen molar-refractivity contribution in [2.75, 3.05) is 19.8 Å². The van der Waals surface area contributed by atoms with E-state index in [1.807, 2.05) is 13.8 Å². The van der Waals surface area contributed by atoms with E-state index in [-0.39, 0.29) is 30.0 Å². The minimum atomic E-state index is -1.08. The van der Waals surface area contributed by atoms with Gasteiger partial charge in [-0.3, -0.25) is 0 Å². The van der Waals surface area contributed by atoms with Crippen LogP contribution in [0.1, 0.15) is 46.0 Å². The first-order valence-corrected chi connectivity index (χ1v) is 9.30. The molecule has 0 radical (unpaired) electrons. The molecule has 3 nitrogen and oxygen atoms in total. The topological polar surface area (TPSA) is 27.7 Å². The highest BCUT2D eigenvalue weighted by Crippen LogP contribution is 2.48. The van der Waals surface area contributed by atoms with E-state index < -0.39 is 18.4 Å². The fraction of sp³-hybridized carbons (Fsp3) is 1.00. The predicted molar refractivity (Wildman–Crippen MR) is 83.9 cm³/mol. The van der Waals surface area contributed by atoms with Gasteiger partial charge in [-0.2, -0.15) is 0 Å². The van der Waals surface area contributed by atoms with Gasteiger partial charge in [0.05, 0.1) is 24.9 Å². The van der Waals surface area contributed by atoms with E-state index in [1.165, 1.54) is 0 Å². The lowest BCUT2D eigenvalue weighted by atomic mass is 9.63. The van der Waals surface area contributed by atoms with Gasteiger partial charge in [-0.15, -0.1) is 0 Å². The van der Waals surface area contributed by atoms with Gasteiger partial charge >= 0.3 is 0 Å². The number of rotatable bonds is 5. The summed E-state index contributed by atoms with van der Waals surface area (Å²) in [5.74, 6) is 0.222. The van der Waals surface area contributed by atoms with E-state index in [1.54, 1.807) is 0 Å². The van der Waals surface area contributed by atoms with Crippen LogP contribution in [0.15, 0.2) is 0 Å². The fourth-order valence-corrected chi connectivity index (χ4v) is 4.85. The van der Waals surface area contributed by atoms with Gasteiger partial charge in [0.1, 0.15) is 6.17 Å². The molecule has 3 rings (SSSR count). The van der Waals surface area contributed by atoms with Crippen LogP contribution < -0.4 is 0 Å². The lowest BCUT2D eigenvalue weighted by Crippen LogP contribution is -2.58. The molecule has 0 aromatic rings. The molecule has 1 saturated heterocycles. The highest BCUT2D eigenvalue weighted by Gasteiger charge is 2.53. The Balaban J connectivity index is 1.65. The molecule has 5 heteroatoms. The molecule has 8 unspecified atom stereocenters. The molecule has 0 aromatic heterocycles. The second-order valence-electron chi connectivity index (χ2n) is 7.24. The van der Waals surface area contributed by atoms with Crippen LogP contribution >= 0.6 is 0 Å². The third-order valence-electron chi connectivity index (χ3n) is 5.92.